The second-order valence-electron chi connectivity index (χ2n) is 9.65. The van der Waals surface area contributed by atoms with Crippen LogP contribution < -0.4 is 10.6 Å². The van der Waals surface area contributed by atoms with Crippen molar-refractivity contribution in [3.63, 3.8) is 0 Å². The SMILES string of the molecule is CC(C)(C)OC(=O)NC(CCC(=O)OCc1ccccc1)C(=O)NC(c1ccccc1)c1ccccc1. The fourth-order valence-corrected chi connectivity index (χ4v) is 3.68. The van der Waals surface area contributed by atoms with Gasteiger partial charge in [0.25, 0.3) is 0 Å². The normalized spacial score (nSPS) is 11.9. The van der Waals surface area contributed by atoms with Gasteiger partial charge in [0.05, 0.1) is 6.04 Å². The van der Waals surface area contributed by atoms with Gasteiger partial charge in [0, 0.05) is 6.42 Å². The topological polar surface area (TPSA) is 93.7 Å². The van der Waals surface area contributed by atoms with Crippen molar-refractivity contribution < 1.29 is 23.9 Å². The summed E-state index contributed by atoms with van der Waals surface area (Å²) in [7, 11) is 0. The van der Waals surface area contributed by atoms with Gasteiger partial charge in [-0.25, -0.2) is 4.79 Å². The molecule has 3 aromatic rings. The molecule has 0 spiro atoms. The van der Waals surface area contributed by atoms with Gasteiger partial charge < -0.3 is 20.1 Å². The summed E-state index contributed by atoms with van der Waals surface area (Å²) in [6.45, 7) is 5.36. The van der Waals surface area contributed by atoms with Gasteiger partial charge in [-0.05, 0) is 43.9 Å². The number of ether oxygens (including phenoxy) is 2. The lowest BCUT2D eigenvalue weighted by Crippen LogP contribution is -2.49. The Morgan fingerprint density at radius 1 is 0.757 bits per heavy atom. The Morgan fingerprint density at radius 2 is 1.27 bits per heavy atom. The van der Waals surface area contributed by atoms with E-state index in [9.17, 15) is 14.4 Å². The van der Waals surface area contributed by atoms with Crippen molar-refractivity contribution in [2.75, 3.05) is 0 Å². The minimum Gasteiger partial charge on any atom is -0.461 e. The highest BCUT2D eigenvalue weighted by Gasteiger charge is 2.28. The van der Waals surface area contributed by atoms with Crippen molar-refractivity contribution >= 4 is 18.0 Å². The lowest BCUT2D eigenvalue weighted by Gasteiger charge is -2.26. The molecular formula is C30H34N2O5. The van der Waals surface area contributed by atoms with Crippen LogP contribution in [0, 0.1) is 0 Å². The maximum Gasteiger partial charge on any atom is 0.408 e. The maximum atomic E-state index is 13.5. The Kier molecular flexibility index (Phi) is 9.84. The number of nitrogens with one attached hydrogen (secondary N) is 2. The minimum absolute atomic E-state index is 0.0506. The number of rotatable bonds is 10. The second kappa shape index (κ2) is 13.3. The molecule has 0 radical (unpaired) electrons. The molecule has 0 bridgehead atoms. The van der Waals surface area contributed by atoms with Crippen molar-refractivity contribution in [1.29, 1.82) is 0 Å². The first-order valence-electron chi connectivity index (χ1n) is 12.3. The van der Waals surface area contributed by atoms with Gasteiger partial charge in [0.1, 0.15) is 18.2 Å². The molecule has 37 heavy (non-hydrogen) atoms. The quantitative estimate of drug-likeness (QED) is 0.367. The van der Waals surface area contributed by atoms with Gasteiger partial charge >= 0.3 is 12.1 Å². The molecule has 0 aliphatic heterocycles. The Labute approximate surface area is 218 Å². The van der Waals surface area contributed by atoms with Crippen LogP contribution in [0.3, 0.4) is 0 Å². The number of benzene rings is 3. The summed E-state index contributed by atoms with van der Waals surface area (Å²) in [5.41, 5.74) is 1.90. The molecule has 1 atom stereocenters. The molecule has 2 amide bonds. The van der Waals surface area contributed by atoms with Crippen LogP contribution in [0.1, 0.15) is 56.3 Å². The van der Waals surface area contributed by atoms with Crippen LogP contribution in [0.15, 0.2) is 91.0 Å². The fourth-order valence-electron chi connectivity index (χ4n) is 3.68. The lowest BCUT2D eigenvalue weighted by molar-refractivity contribution is -0.145. The van der Waals surface area contributed by atoms with Crippen LogP contribution in [0.5, 0.6) is 0 Å². The van der Waals surface area contributed by atoms with Crippen molar-refractivity contribution in [3.8, 4) is 0 Å². The molecule has 3 aromatic carbocycles. The number of alkyl carbamates (subject to hydrolysis) is 1. The van der Waals surface area contributed by atoms with Crippen molar-refractivity contribution in [2.45, 2.75) is 57.9 Å². The van der Waals surface area contributed by atoms with E-state index in [-0.39, 0.29) is 19.4 Å². The van der Waals surface area contributed by atoms with Crippen LogP contribution in [0.25, 0.3) is 0 Å². The molecular weight excluding hydrogens is 468 g/mol. The highest BCUT2D eigenvalue weighted by Crippen LogP contribution is 2.22. The smallest absolute Gasteiger partial charge is 0.408 e. The molecule has 0 aliphatic rings. The van der Waals surface area contributed by atoms with Crippen LogP contribution >= 0.6 is 0 Å². The largest absolute Gasteiger partial charge is 0.461 e. The number of hydrogen-bond donors (Lipinski definition) is 2. The standard InChI is InChI=1S/C30H34N2O5/c1-30(2,3)37-29(35)31-25(19-20-26(33)36-21-22-13-7-4-8-14-22)28(34)32-27(23-15-9-5-10-16-23)24-17-11-6-12-18-24/h4-18,25,27H,19-21H2,1-3H3,(H,31,35)(H,32,34). The van der Waals surface area contributed by atoms with Crippen LogP contribution in [-0.4, -0.2) is 29.6 Å². The van der Waals surface area contributed by atoms with Gasteiger partial charge in [0.15, 0.2) is 0 Å². The zero-order chi connectivity index (χ0) is 26.7. The summed E-state index contributed by atoms with van der Waals surface area (Å²) in [5.74, 6) is -0.894. The first-order chi connectivity index (χ1) is 17.7. The third-order valence-corrected chi connectivity index (χ3v) is 5.44. The highest BCUT2D eigenvalue weighted by atomic mass is 16.6. The molecule has 0 saturated heterocycles. The molecule has 0 aromatic heterocycles. The van der Waals surface area contributed by atoms with E-state index in [2.05, 4.69) is 10.6 Å². The van der Waals surface area contributed by atoms with Crippen LogP contribution in [0.4, 0.5) is 4.79 Å². The van der Waals surface area contributed by atoms with Crippen molar-refractivity contribution in [1.82, 2.24) is 10.6 Å². The molecule has 0 heterocycles. The summed E-state index contributed by atoms with van der Waals surface area (Å²) in [4.78, 5) is 38.4. The molecule has 7 nitrogen and oxygen atoms in total. The van der Waals surface area contributed by atoms with E-state index in [4.69, 9.17) is 9.47 Å². The lowest BCUT2D eigenvalue weighted by atomic mass is 9.98. The van der Waals surface area contributed by atoms with Gasteiger partial charge in [-0.2, -0.15) is 0 Å². The molecule has 0 aliphatic carbocycles. The zero-order valence-electron chi connectivity index (χ0n) is 21.5. The number of esters is 1. The predicted molar refractivity (Wildman–Crippen MR) is 141 cm³/mol. The van der Waals surface area contributed by atoms with E-state index in [0.29, 0.717) is 0 Å². The van der Waals surface area contributed by atoms with Gasteiger partial charge in [0.2, 0.25) is 5.91 Å². The average molecular weight is 503 g/mol. The highest BCUT2D eigenvalue weighted by molar-refractivity contribution is 5.87. The second-order valence-corrected chi connectivity index (χ2v) is 9.65. The van der Waals surface area contributed by atoms with E-state index in [1.54, 1.807) is 20.8 Å². The van der Waals surface area contributed by atoms with Crippen LogP contribution in [-0.2, 0) is 25.7 Å². The molecule has 0 fully saturated rings. The summed E-state index contributed by atoms with van der Waals surface area (Å²) in [6.07, 6.45) is -0.738. The Morgan fingerprint density at radius 3 is 1.78 bits per heavy atom. The van der Waals surface area contributed by atoms with Gasteiger partial charge in [-0.3, -0.25) is 9.59 Å². The summed E-state index contributed by atoms with van der Waals surface area (Å²) >= 11 is 0. The van der Waals surface area contributed by atoms with E-state index in [1.807, 2.05) is 91.0 Å². The number of hydrogen-bond acceptors (Lipinski definition) is 5. The molecule has 1 unspecified atom stereocenters. The summed E-state index contributed by atoms with van der Waals surface area (Å²) < 4.78 is 10.7. The monoisotopic (exact) mass is 502 g/mol. The minimum atomic E-state index is -1.01. The molecule has 0 saturated carbocycles. The number of carbonyl (C=O) groups is 3. The third kappa shape index (κ3) is 9.44. The Balaban J connectivity index is 1.72. The fraction of sp³-hybridized carbons (Fsp3) is 0.300. The molecule has 194 valence electrons. The van der Waals surface area contributed by atoms with Crippen LogP contribution in [0.2, 0.25) is 0 Å². The summed E-state index contributed by atoms with van der Waals surface area (Å²) in [6, 6.07) is 27.0. The van der Waals surface area contributed by atoms with Gasteiger partial charge in [-0.15, -0.1) is 0 Å². The first-order valence-corrected chi connectivity index (χ1v) is 12.3. The Bertz CT molecular complexity index is 1110. The predicted octanol–water partition coefficient (Wildman–Crippen LogP) is 5.31. The molecule has 7 heteroatoms. The van der Waals surface area contributed by atoms with E-state index < -0.39 is 35.7 Å². The number of amides is 2. The van der Waals surface area contributed by atoms with E-state index in [0.717, 1.165) is 16.7 Å². The molecule has 3 rings (SSSR count). The van der Waals surface area contributed by atoms with E-state index in [1.165, 1.54) is 0 Å². The average Bonchev–Trinajstić information content (AvgIpc) is 2.89. The van der Waals surface area contributed by atoms with Crippen molar-refractivity contribution in [2.24, 2.45) is 0 Å². The van der Waals surface area contributed by atoms with E-state index >= 15 is 0 Å². The third-order valence-electron chi connectivity index (χ3n) is 5.44. The summed E-state index contributed by atoms with van der Waals surface area (Å²) in [5, 5.41) is 5.67. The maximum absolute atomic E-state index is 13.5. The Hall–Kier alpha value is -4.13. The molecule has 2 N–H and O–H groups in total. The number of carbonyl (C=O) groups excluding carboxylic acids is 3. The van der Waals surface area contributed by atoms with Gasteiger partial charge in [-0.1, -0.05) is 91.0 Å². The first kappa shape index (κ1) is 27.5. The zero-order valence-corrected chi connectivity index (χ0v) is 21.5. The van der Waals surface area contributed by atoms with Crippen molar-refractivity contribution in [3.05, 3.63) is 108 Å².